The smallest absolute Gasteiger partial charge is 0.0477 e. The SMILES string of the molecule is Cn1ccc2cc(C3(N)CC3(C)C)ccc21. The third-order valence-corrected chi connectivity index (χ3v) is 4.20. The Morgan fingerprint density at radius 2 is 1.94 bits per heavy atom. The first-order valence-corrected chi connectivity index (χ1v) is 5.78. The standard InChI is InChI=1S/C14H18N2/c1-13(2)9-14(13,15)11-4-5-12-10(8-11)6-7-16(12)3/h4-8H,9,15H2,1-3H3. The van der Waals surface area contributed by atoms with Gasteiger partial charge in [0.2, 0.25) is 0 Å². The quantitative estimate of drug-likeness (QED) is 0.777. The lowest BCUT2D eigenvalue weighted by atomic mass is 9.96. The van der Waals surface area contributed by atoms with Gasteiger partial charge in [0.1, 0.15) is 0 Å². The topological polar surface area (TPSA) is 30.9 Å². The average Bonchev–Trinajstić information content (AvgIpc) is 2.57. The highest BCUT2D eigenvalue weighted by atomic mass is 14.9. The van der Waals surface area contributed by atoms with Crippen LogP contribution in [-0.4, -0.2) is 4.57 Å². The van der Waals surface area contributed by atoms with Crippen LogP contribution in [0, 0.1) is 5.41 Å². The van der Waals surface area contributed by atoms with Gasteiger partial charge in [-0.15, -0.1) is 0 Å². The molecule has 0 aliphatic heterocycles. The van der Waals surface area contributed by atoms with E-state index in [2.05, 4.69) is 55.9 Å². The zero-order chi connectivity index (χ0) is 11.6. The summed E-state index contributed by atoms with van der Waals surface area (Å²) in [5, 5.41) is 1.28. The highest BCUT2D eigenvalue weighted by Crippen LogP contribution is 2.60. The van der Waals surface area contributed by atoms with Crippen LogP contribution in [-0.2, 0) is 12.6 Å². The van der Waals surface area contributed by atoms with E-state index >= 15 is 0 Å². The Morgan fingerprint density at radius 3 is 2.56 bits per heavy atom. The molecule has 84 valence electrons. The first kappa shape index (κ1) is 9.91. The Labute approximate surface area is 96.1 Å². The molecule has 2 N–H and O–H groups in total. The second-order valence-electron chi connectivity index (χ2n) is 5.73. The van der Waals surface area contributed by atoms with Crippen molar-refractivity contribution in [1.29, 1.82) is 0 Å². The molecule has 2 nitrogen and oxygen atoms in total. The van der Waals surface area contributed by atoms with E-state index in [-0.39, 0.29) is 11.0 Å². The maximum absolute atomic E-state index is 6.44. The normalized spacial score (nSPS) is 27.2. The van der Waals surface area contributed by atoms with Crippen molar-refractivity contribution in [2.75, 3.05) is 0 Å². The molecule has 2 aromatic rings. The van der Waals surface area contributed by atoms with Gasteiger partial charge in [0, 0.05) is 24.3 Å². The summed E-state index contributed by atoms with van der Waals surface area (Å²) >= 11 is 0. The molecule has 1 atom stereocenters. The minimum atomic E-state index is -0.114. The zero-order valence-electron chi connectivity index (χ0n) is 10.1. The molecule has 1 aromatic carbocycles. The molecular weight excluding hydrogens is 196 g/mol. The first-order chi connectivity index (χ1) is 7.44. The van der Waals surface area contributed by atoms with E-state index in [1.165, 1.54) is 16.5 Å². The van der Waals surface area contributed by atoms with Crippen molar-refractivity contribution in [2.24, 2.45) is 18.2 Å². The van der Waals surface area contributed by atoms with Crippen LogP contribution in [0.2, 0.25) is 0 Å². The second-order valence-corrected chi connectivity index (χ2v) is 5.73. The summed E-state index contributed by atoms with van der Waals surface area (Å²) in [6, 6.07) is 8.74. The van der Waals surface area contributed by atoms with Gasteiger partial charge in [-0.1, -0.05) is 19.9 Å². The van der Waals surface area contributed by atoms with E-state index in [9.17, 15) is 0 Å². The number of fused-ring (bicyclic) bond motifs is 1. The fourth-order valence-corrected chi connectivity index (χ4v) is 2.70. The number of benzene rings is 1. The van der Waals surface area contributed by atoms with Gasteiger partial charge in [0.05, 0.1) is 0 Å². The summed E-state index contributed by atoms with van der Waals surface area (Å²) in [6.45, 7) is 4.48. The minimum absolute atomic E-state index is 0.114. The molecule has 1 heterocycles. The summed E-state index contributed by atoms with van der Waals surface area (Å²) in [7, 11) is 2.07. The predicted molar refractivity (Wildman–Crippen MR) is 67.2 cm³/mol. The molecule has 1 unspecified atom stereocenters. The van der Waals surface area contributed by atoms with E-state index in [1.807, 2.05) is 0 Å². The number of nitrogens with zero attached hydrogens (tertiary/aromatic N) is 1. The van der Waals surface area contributed by atoms with Crippen LogP contribution >= 0.6 is 0 Å². The van der Waals surface area contributed by atoms with Crippen LogP contribution in [0.15, 0.2) is 30.5 Å². The molecule has 0 amide bonds. The van der Waals surface area contributed by atoms with E-state index < -0.39 is 0 Å². The summed E-state index contributed by atoms with van der Waals surface area (Å²) in [5.41, 5.74) is 9.11. The van der Waals surface area contributed by atoms with Crippen molar-refractivity contribution in [3.63, 3.8) is 0 Å². The van der Waals surface area contributed by atoms with Gasteiger partial charge in [-0.3, -0.25) is 0 Å². The maximum atomic E-state index is 6.44. The van der Waals surface area contributed by atoms with Crippen LogP contribution in [0.3, 0.4) is 0 Å². The number of aryl methyl sites for hydroxylation is 1. The van der Waals surface area contributed by atoms with Gasteiger partial charge in [-0.2, -0.15) is 0 Å². The van der Waals surface area contributed by atoms with Crippen molar-refractivity contribution in [2.45, 2.75) is 25.8 Å². The molecule has 0 bridgehead atoms. The third kappa shape index (κ3) is 1.11. The lowest BCUT2D eigenvalue weighted by molar-refractivity contribution is 0.510. The highest BCUT2D eigenvalue weighted by Gasteiger charge is 2.59. The summed E-state index contributed by atoms with van der Waals surface area (Å²) in [5.74, 6) is 0. The van der Waals surface area contributed by atoms with E-state index in [1.54, 1.807) is 0 Å². The lowest BCUT2D eigenvalue weighted by Gasteiger charge is -2.15. The van der Waals surface area contributed by atoms with E-state index in [0.717, 1.165) is 6.42 Å². The molecule has 1 aliphatic rings. The molecule has 1 aromatic heterocycles. The Hall–Kier alpha value is -1.28. The first-order valence-electron chi connectivity index (χ1n) is 5.78. The lowest BCUT2D eigenvalue weighted by Crippen LogP contribution is -2.25. The van der Waals surface area contributed by atoms with Crippen molar-refractivity contribution >= 4 is 10.9 Å². The number of nitrogens with two attached hydrogens (primary N) is 1. The number of hydrogen-bond acceptors (Lipinski definition) is 1. The Morgan fingerprint density at radius 1 is 1.25 bits per heavy atom. The van der Waals surface area contributed by atoms with E-state index in [0.29, 0.717) is 0 Å². The second kappa shape index (κ2) is 2.69. The van der Waals surface area contributed by atoms with Gasteiger partial charge in [-0.05, 0) is 41.0 Å². The molecule has 1 saturated carbocycles. The number of aromatic nitrogens is 1. The molecule has 0 spiro atoms. The fourth-order valence-electron chi connectivity index (χ4n) is 2.70. The van der Waals surface area contributed by atoms with Crippen LogP contribution in [0.5, 0.6) is 0 Å². The van der Waals surface area contributed by atoms with Crippen LogP contribution in [0.1, 0.15) is 25.8 Å². The van der Waals surface area contributed by atoms with Gasteiger partial charge in [0.15, 0.2) is 0 Å². The van der Waals surface area contributed by atoms with Crippen LogP contribution < -0.4 is 5.73 Å². The molecule has 16 heavy (non-hydrogen) atoms. The average molecular weight is 214 g/mol. The van der Waals surface area contributed by atoms with E-state index in [4.69, 9.17) is 5.73 Å². The summed E-state index contributed by atoms with van der Waals surface area (Å²) < 4.78 is 2.14. The summed E-state index contributed by atoms with van der Waals surface area (Å²) in [6.07, 6.45) is 3.17. The monoisotopic (exact) mass is 214 g/mol. The van der Waals surface area contributed by atoms with Crippen molar-refractivity contribution in [1.82, 2.24) is 4.57 Å². The molecule has 3 rings (SSSR count). The molecule has 2 heteroatoms. The van der Waals surface area contributed by atoms with Gasteiger partial charge >= 0.3 is 0 Å². The molecular formula is C14H18N2. The Balaban J connectivity index is 2.14. The Kier molecular flexibility index (Phi) is 1.67. The maximum Gasteiger partial charge on any atom is 0.0477 e. The largest absolute Gasteiger partial charge is 0.351 e. The Bertz CT molecular complexity index is 565. The highest BCUT2D eigenvalue weighted by molar-refractivity contribution is 5.81. The third-order valence-electron chi connectivity index (χ3n) is 4.20. The number of hydrogen-bond donors (Lipinski definition) is 1. The predicted octanol–water partition coefficient (Wildman–Crippen LogP) is 2.76. The van der Waals surface area contributed by atoms with Gasteiger partial charge in [0.25, 0.3) is 0 Å². The fraction of sp³-hybridized carbons (Fsp3) is 0.429. The molecule has 0 saturated heterocycles. The zero-order valence-corrected chi connectivity index (χ0v) is 10.1. The van der Waals surface area contributed by atoms with Crippen LogP contribution in [0.25, 0.3) is 10.9 Å². The van der Waals surface area contributed by atoms with Crippen molar-refractivity contribution < 1.29 is 0 Å². The van der Waals surface area contributed by atoms with Gasteiger partial charge in [-0.25, -0.2) is 0 Å². The molecule has 1 aliphatic carbocycles. The minimum Gasteiger partial charge on any atom is -0.351 e. The molecule has 0 radical (unpaired) electrons. The van der Waals surface area contributed by atoms with Crippen LogP contribution in [0.4, 0.5) is 0 Å². The summed E-state index contributed by atoms with van der Waals surface area (Å²) in [4.78, 5) is 0. The molecule has 1 fully saturated rings. The number of rotatable bonds is 1. The van der Waals surface area contributed by atoms with Crippen molar-refractivity contribution in [3.8, 4) is 0 Å². The van der Waals surface area contributed by atoms with Crippen molar-refractivity contribution in [3.05, 3.63) is 36.0 Å². The van der Waals surface area contributed by atoms with Gasteiger partial charge < -0.3 is 10.3 Å².